The number of benzene rings is 1. The number of aliphatic carboxylic acids is 1. The molecule has 1 aromatic carbocycles. The van der Waals surface area contributed by atoms with Crippen LogP contribution in [0.1, 0.15) is 17.0 Å². The maximum Gasteiger partial charge on any atom is 0.326 e. The van der Waals surface area contributed by atoms with Gasteiger partial charge < -0.3 is 21.5 Å². The molecule has 1 heterocycles. The van der Waals surface area contributed by atoms with E-state index in [1.54, 1.807) is 35.8 Å². The molecule has 146 valence electrons. The number of hydrogen-bond donors (Lipinski definition) is 5. The second-order valence-electron chi connectivity index (χ2n) is 6.46. The van der Waals surface area contributed by atoms with E-state index in [1.165, 1.54) is 11.3 Å². The maximum atomic E-state index is 12.3. The minimum atomic E-state index is -1.14. The van der Waals surface area contributed by atoms with Crippen molar-refractivity contribution in [3.8, 4) is 0 Å². The number of aromatic nitrogens is 1. The monoisotopic (exact) mass is 401 g/mol. The molecular weight excluding hydrogens is 382 g/mol. The molecule has 28 heavy (non-hydrogen) atoms. The molecule has 1 aliphatic rings. The molecule has 0 saturated heterocycles. The molecule has 2 aromatic rings. The Morgan fingerprint density at radius 3 is 2.50 bits per heavy atom. The molecule has 10 heteroatoms. The number of carbonyl (C=O) groups excluding carboxylic acids is 2. The summed E-state index contributed by atoms with van der Waals surface area (Å²) in [6, 6.07) is 5.40. The molecule has 1 fully saturated rings. The van der Waals surface area contributed by atoms with Crippen molar-refractivity contribution in [1.82, 2.24) is 10.3 Å². The molecule has 0 radical (unpaired) electrons. The lowest BCUT2D eigenvalue weighted by molar-refractivity contribution is -0.142. The minimum absolute atomic E-state index is 0.0671. The molecule has 0 spiro atoms. The Morgan fingerprint density at radius 1 is 1.25 bits per heavy atom. The number of nitrogens with two attached hydrogens (primary N) is 1. The van der Waals surface area contributed by atoms with Crippen LogP contribution in [0, 0.1) is 17.2 Å². The summed E-state index contributed by atoms with van der Waals surface area (Å²) >= 11 is 1.32. The highest BCUT2D eigenvalue weighted by Gasteiger charge is 2.48. The van der Waals surface area contributed by atoms with Crippen LogP contribution in [-0.2, 0) is 20.8 Å². The number of carbonyl (C=O) groups is 3. The smallest absolute Gasteiger partial charge is 0.326 e. The fourth-order valence-electron chi connectivity index (χ4n) is 2.75. The number of nitrogen functional groups attached to an aromatic ring is 1. The van der Waals surface area contributed by atoms with Crippen LogP contribution in [0.5, 0.6) is 0 Å². The number of anilines is 1. The lowest BCUT2D eigenvalue weighted by Gasteiger charge is -2.13. The third-order valence-electron chi connectivity index (χ3n) is 4.40. The molecule has 3 unspecified atom stereocenters. The third kappa shape index (κ3) is 4.71. The van der Waals surface area contributed by atoms with E-state index in [2.05, 4.69) is 15.6 Å². The molecule has 0 bridgehead atoms. The second kappa shape index (κ2) is 8.17. The van der Waals surface area contributed by atoms with Crippen LogP contribution in [0.4, 0.5) is 5.69 Å². The van der Waals surface area contributed by atoms with E-state index in [4.69, 9.17) is 11.1 Å². The highest BCUT2D eigenvalue weighted by molar-refractivity contribution is 7.09. The van der Waals surface area contributed by atoms with Gasteiger partial charge in [-0.15, -0.1) is 11.3 Å². The largest absolute Gasteiger partial charge is 0.480 e. The zero-order valence-electron chi connectivity index (χ0n) is 14.7. The quantitative estimate of drug-likeness (QED) is 0.325. The average molecular weight is 401 g/mol. The van der Waals surface area contributed by atoms with Gasteiger partial charge in [0.25, 0.3) is 0 Å². The number of amidine groups is 1. The van der Waals surface area contributed by atoms with Crippen molar-refractivity contribution in [2.45, 2.75) is 18.9 Å². The molecular formula is C18H19N5O4S. The minimum Gasteiger partial charge on any atom is -0.480 e. The predicted octanol–water partition coefficient (Wildman–Crippen LogP) is 0.814. The lowest BCUT2D eigenvalue weighted by Crippen LogP contribution is -2.43. The normalized spacial score (nSPS) is 18.7. The van der Waals surface area contributed by atoms with Gasteiger partial charge in [0.1, 0.15) is 11.9 Å². The van der Waals surface area contributed by atoms with E-state index >= 15 is 0 Å². The lowest BCUT2D eigenvalue weighted by atomic mass is 10.2. The van der Waals surface area contributed by atoms with Crippen LogP contribution in [0.3, 0.4) is 0 Å². The number of thiazole rings is 1. The van der Waals surface area contributed by atoms with E-state index < -0.39 is 29.8 Å². The Hall–Kier alpha value is -3.27. The summed E-state index contributed by atoms with van der Waals surface area (Å²) in [5.41, 5.74) is 6.46. The van der Waals surface area contributed by atoms with Crippen LogP contribution in [0.2, 0.25) is 0 Å². The van der Waals surface area contributed by atoms with E-state index in [9.17, 15) is 19.5 Å². The van der Waals surface area contributed by atoms with Crippen molar-refractivity contribution in [3.05, 3.63) is 46.4 Å². The number of nitrogens with zero attached hydrogens (tertiary/aromatic N) is 1. The van der Waals surface area contributed by atoms with Gasteiger partial charge in [-0.2, -0.15) is 0 Å². The van der Waals surface area contributed by atoms with Gasteiger partial charge in [0.05, 0.1) is 16.8 Å². The zero-order valence-corrected chi connectivity index (χ0v) is 15.5. The summed E-state index contributed by atoms with van der Waals surface area (Å²) in [6.07, 6.45) is 2.04. The van der Waals surface area contributed by atoms with Gasteiger partial charge >= 0.3 is 5.97 Å². The number of carboxylic acids is 1. The summed E-state index contributed by atoms with van der Waals surface area (Å²) in [4.78, 5) is 40.1. The average Bonchev–Trinajstić information content (AvgIpc) is 3.31. The summed E-state index contributed by atoms with van der Waals surface area (Å²) in [5.74, 6) is -3.01. The number of carboxylic acid groups (broad SMARTS) is 1. The number of hydrogen-bond acceptors (Lipinski definition) is 6. The van der Waals surface area contributed by atoms with Crippen molar-refractivity contribution in [2.75, 3.05) is 5.32 Å². The van der Waals surface area contributed by atoms with Gasteiger partial charge in [-0.25, -0.2) is 9.78 Å². The summed E-state index contributed by atoms with van der Waals surface area (Å²) in [6.45, 7) is 0. The summed E-state index contributed by atoms with van der Waals surface area (Å²) < 4.78 is 0. The third-order valence-corrected chi connectivity index (χ3v) is 5.21. The predicted molar refractivity (Wildman–Crippen MR) is 103 cm³/mol. The van der Waals surface area contributed by atoms with Crippen LogP contribution in [0.15, 0.2) is 35.8 Å². The first-order valence-electron chi connectivity index (χ1n) is 8.52. The topological polar surface area (TPSA) is 158 Å². The van der Waals surface area contributed by atoms with E-state index in [1.807, 2.05) is 0 Å². The van der Waals surface area contributed by atoms with Crippen molar-refractivity contribution in [3.63, 3.8) is 0 Å². The van der Waals surface area contributed by atoms with Gasteiger partial charge in [-0.1, -0.05) is 0 Å². The first-order chi connectivity index (χ1) is 13.3. The van der Waals surface area contributed by atoms with Crippen LogP contribution >= 0.6 is 11.3 Å². The van der Waals surface area contributed by atoms with Crippen LogP contribution in [-0.4, -0.2) is 39.8 Å². The molecule has 3 atom stereocenters. The SMILES string of the molecule is N=C(N)c1ccc(NC(=O)C2CC2C(=O)NC(Cc2nccs2)C(=O)O)cc1. The number of amides is 2. The summed E-state index contributed by atoms with van der Waals surface area (Å²) in [7, 11) is 0. The highest BCUT2D eigenvalue weighted by Crippen LogP contribution is 2.39. The molecule has 1 aliphatic carbocycles. The van der Waals surface area contributed by atoms with Gasteiger partial charge in [-0.3, -0.25) is 15.0 Å². The molecule has 3 rings (SSSR count). The Morgan fingerprint density at radius 2 is 1.93 bits per heavy atom. The molecule has 1 saturated carbocycles. The summed E-state index contributed by atoms with van der Waals surface area (Å²) in [5, 5.41) is 24.2. The van der Waals surface area contributed by atoms with Crippen LogP contribution in [0.25, 0.3) is 0 Å². The van der Waals surface area contributed by atoms with Crippen molar-refractivity contribution in [1.29, 1.82) is 5.41 Å². The van der Waals surface area contributed by atoms with Gasteiger partial charge in [0.15, 0.2) is 0 Å². The van der Waals surface area contributed by atoms with Gasteiger partial charge in [-0.05, 0) is 30.7 Å². The Kier molecular flexibility index (Phi) is 5.69. The highest BCUT2D eigenvalue weighted by atomic mass is 32.1. The first-order valence-corrected chi connectivity index (χ1v) is 9.40. The first kappa shape index (κ1) is 19.5. The van der Waals surface area contributed by atoms with E-state index in [-0.39, 0.29) is 18.2 Å². The van der Waals surface area contributed by atoms with Crippen LogP contribution < -0.4 is 16.4 Å². The molecule has 1 aromatic heterocycles. The number of nitrogens with one attached hydrogen (secondary N) is 3. The molecule has 9 nitrogen and oxygen atoms in total. The molecule has 2 amide bonds. The fraction of sp³-hybridized carbons (Fsp3) is 0.278. The standard InChI is InChI=1S/C18H19N5O4S/c19-15(20)9-1-3-10(4-2-9)22-16(24)11-7-12(11)17(25)23-13(18(26)27)8-14-21-5-6-28-14/h1-6,11-13H,7-8H2,(H3,19,20)(H,22,24)(H,23,25)(H,26,27). The number of rotatable bonds is 8. The molecule has 6 N–H and O–H groups in total. The molecule has 0 aliphatic heterocycles. The Labute approximate surface area is 164 Å². The van der Waals surface area contributed by atoms with Crippen molar-refractivity contribution in [2.24, 2.45) is 17.6 Å². The zero-order chi connectivity index (χ0) is 20.3. The maximum absolute atomic E-state index is 12.3. The Bertz CT molecular complexity index is 897. The second-order valence-corrected chi connectivity index (χ2v) is 7.44. The van der Waals surface area contributed by atoms with Crippen molar-refractivity contribution < 1.29 is 19.5 Å². The van der Waals surface area contributed by atoms with Gasteiger partial charge in [0.2, 0.25) is 11.8 Å². The fourth-order valence-corrected chi connectivity index (χ4v) is 3.41. The van der Waals surface area contributed by atoms with Crippen molar-refractivity contribution >= 4 is 40.6 Å². The van der Waals surface area contributed by atoms with E-state index in [0.29, 0.717) is 22.7 Å². The van der Waals surface area contributed by atoms with Gasteiger partial charge in [0, 0.05) is 29.2 Å². The Balaban J connectivity index is 1.53. The van der Waals surface area contributed by atoms with E-state index in [0.717, 1.165) is 0 Å².